The van der Waals surface area contributed by atoms with Crippen LogP contribution in [0.15, 0.2) is 22.7 Å². The van der Waals surface area contributed by atoms with Gasteiger partial charge < -0.3 is 19.9 Å². The van der Waals surface area contributed by atoms with Gasteiger partial charge in [0.1, 0.15) is 5.75 Å². The van der Waals surface area contributed by atoms with Gasteiger partial charge in [-0.15, -0.1) is 0 Å². The Bertz CT molecular complexity index is 700. The zero-order valence-corrected chi connectivity index (χ0v) is 13.4. The zero-order valence-electron chi connectivity index (χ0n) is 12.6. The Morgan fingerprint density at radius 1 is 1.48 bits per heavy atom. The molecule has 1 aliphatic rings. The lowest BCUT2D eigenvalue weighted by Gasteiger charge is -2.11. The predicted molar refractivity (Wildman–Crippen MR) is 85.0 cm³/mol. The van der Waals surface area contributed by atoms with E-state index in [1.807, 2.05) is 0 Å². The molecule has 7 nitrogen and oxygen atoms in total. The fraction of sp³-hybridized carbons (Fsp3) is 0.400. The van der Waals surface area contributed by atoms with Crippen LogP contribution in [0.1, 0.15) is 30.5 Å². The molecule has 0 unspecified atom stereocenters. The lowest BCUT2D eigenvalue weighted by molar-refractivity contribution is 0.252. The van der Waals surface area contributed by atoms with Gasteiger partial charge in [0.2, 0.25) is 5.89 Å². The van der Waals surface area contributed by atoms with Gasteiger partial charge in [0, 0.05) is 23.9 Å². The molecule has 1 heterocycles. The van der Waals surface area contributed by atoms with Crippen LogP contribution >= 0.6 is 11.6 Å². The van der Waals surface area contributed by atoms with Gasteiger partial charge in [-0.2, -0.15) is 4.98 Å². The summed E-state index contributed by atoms with van der Waals surface area (Å²) in [5.41, 5.74) is 0.507. The number of methoxy groups -OCH3 is 1. The van der Waals surface area contributed by atoms with Gasteiger partial charge >= 0.3 is 6.03 Å². The SMILES string of the molecule is COc1ccc(Cl)cc1NC(=O)NCCc1noc(C2CC2)n1. The molecule has 2 amide bonds. The van der Waals surface area contributed by atoms with Crippen LogP contribution in [0.3, 0.4) is 0 Å². The standard InChI is InChI=1S/C15H17ClN4O3/c1-22-12-5-4-10(16)8-11(12)18-15(21)17-7-6-13-19-14(23-20-13)9-2-3-9/h4-5,8-9H,2-3,6-7H2,1H3,(H2,17,18,21). The normalized spacial score (nSPS) is 13.7. The Morgan fingerprint density at radius 3 is 3.04 bits per heavy atom. The number of benzene rings is 1. The first-order valence-corrected chi connectivity index (χ1v) is 7.74. The maximum absolute atomic E-state index is 11.9. The van der Waals surface area contributed by atoms with E-state index in [0.717, 1.165) is 12.8 Å². The van der Waals surface area contributed by atoms with E-state index < -0.39 is 0 Å². The van der Waals surface area contributed by atoms with Crippen LogP contribution in [0.5, 0.6) is 5.75 Å². The summed E-state index contributed by atoms with van der Waals surface area (Å²) in [6.45, 7) is 0.401. The number of aromatic nitrogens is 2. The molecule has 2 N–H and O–H groups in total. The summed E-state index contributed by atoms with van der Waals surface area (Å²) in [6.07, 6.45) is 2.74. The molecule has 0 radical (unpaired) electrons. The molecule has 8 heteroatoms. The third-order valence-electron chi connectivity index (χ3n) is 3.45. The number of halogens is 1. The summed E-state index contributed by atoms with van der Waals surface area (Å²) in [5.74, 6) is 2.28. The quantitative estimate of drug-likeness (QED) is 0.846. The van der Waals surface area contributed by atoms with Crippen LogP contribution in [0, 0.1) is 0 Å². The van der Waals surface area contributed by atoms with Crippen molar-refractivity contribution in [3.05, 3.63) is 34.9 Å². The molecule has 122 valence electrons. The maximum atomic E-state index is 11.9. The Morgan fingerprint density at radius 2 is 2.30 bits per heavy atom. The van der Waals surface area contributed by atoms with Gasteiger partial charge in [0.05, 0.1) is 12.8 Å². The molecule has 0 atom stereocenters. The van der Waals surface area contributed by atoms with Gasteiger partial charge in [0.25, 0.3) is 0 Å². The molecule has 1 aromatic carbocycles. The molecule has 0 saturated heterocycles. The molecule has 1 aliphatic carbocycles. The Kier molecular flexibility index (Phi) is 4.66. The van der Waals surface area contributed by atoms with Crippen LogP contribution < -0.4 is 15.4 Å². The van der Waals surface area contributed by atoms with Crippen molar-refractivity contribution in [3.63, 3.8) is 0 Å². The number of urea groups is 1. The first-order chi connectivity index (χ1) is 11.2. The van der Waals surface area contributed by atoms with Crippen LogP contribution in [0.4, 0.5) is 10.5 Å². The highest BCUT2D eigenvalue weighted by molar-refractivity contribution is 6.31. The minimum Gasteiger partial charge on any atom is -0.495 e. The first-order valence-electron chi connectivity index (χ1n) is 7.36. The minimum absolute atomic E-state index is 0.350. The highest BCUT2D eigenvalue weighted by atomic mass is 35.5. The van der Waals surface area contributed by atoms with Crippen LogP contribution in [-0.2, 0) is 6.42 Å². The van der Waals surface area contributed by atoms with Gasteiger partial charge in [-0.05, 0) is 31.0 Å². The summed E-state index contributed by atoms with van der Waals surface area (Å²) in [7, 11) is 1.53. The van der Waals surface area contributed by atoms with Crippen molar-refractivity contribution in [1.29, 1.82) is 0 Å². The number of nitrogens with zero attached hydrogens (tertiary/aromatic N) is 2. The largest absolute Gasteiger partial charge is 0.495 e. The first kappa shape index (κ1) is 15.6. The van der Waals surface area contributed by atoms with Gasteiger partial charge in [-0.1, -0.05) is 16.8 Å². The molecule has 1 aromatic heterocycles. The number of anilines is 1. The summed E-state index contributed by atoms with van der Waals surface area (Å²) >= 11 is 5.92. The number of hydrogen-bond donors (Lipinski definition) is 2. The van der Waals surface area contributed by atoms with E-state index in [1.54, 1.807) is 18.2 Å². The zero-order chi connectivity index (χ0) is 16.2. The lowest BCUT2D eigenvalue weighted by Crippen LogP contribution is -2.30. The average Bonchev–Trinajstić information content (AvgIpc) is 3.27. The van der Waals surface area contributed by atoms with E-state index in [2.05, 4.69) is 20.8 Å². The smallest absolute Gasteiger partial charge is 0.319 e. The monoisotopic (exact) mass is 336 g/mol. The number of hydrogen-bond acceptors (Lipinski definition) is 5. The van der Waals surface area contributed by atoms with Crippen LogP contribution in [0.2, 0.25) is 5.02 Å². The second-order valence-corrected chi connectivity index (χ2v) is 5.74. The maximum Gasteiger partial charge on any atom is 0.319 e. The van der Waals surface area contributed by atoms with E-state index in [9.17, 15) is 4.79 Å². The molecule has 0 aliphatic heterocycles. The van der Waals surface area contributed by atoms with Crippen molar-refractivity contribution < 1.29 is 14.1 Å². The molecular weight excluding hydrogens is 320 g/mol. The van der Waals surface area contributed by atoms with Gasteiger partial charge in [-0.25, -0.2) is 4.79 Å². The fourth-order valence-electron chi connectivity index (χ4n) is 2.10. The van der Waals surface area contributed by atoms with Crippen molar-refractivity contribution in [3.8, 4) is 5.75 Å². The van der Waals surface area contributed by atoms with E-state index in [-0.39, 0.29) is 6.03 Å². The second-order valence-electron chi connectivity index (χ2n) is 5.30. The molecule has 0 bridgehead atoms. The summed E-state index contributed by atoms with van der Waals surface area (Å²) in [4.78, 5) is 16.2. The molecule has 0 spiro atoms. The molecule has 1 saturated carbocycles. The second kappa shape index (κ2) is 6.87. The third-order valence-corrected chi connectivity index (χ3v) is 3.69. The summed E-state index contributed by atoms with van der Waals surface area (Å²) in [6, 6.07) is 4.66. The topological polar surface area (TPSA) is 89.3 Å². The van der Waals surface area contributed by atoms with E-state index in [4.69, 9.17) is 20.9 Å². The van der Waals surface area contributed by atoms with Crippen LogP contribution in [-0.4, -0.2) is 29.8 Å². The van der Waals surface area contributed by atoms with Crippen molar-refractivity contribution in [2.45, 2.75) is 25.2 Å². The Labute approximate surface area is 138 Å². The van der Waals surface area contributed by atoms with E-state index in [1.165, 1.54) is 7.11 Å². The van der Waals surface area contributed by atoms with Crippen molar-refractivity contribution in [2.24, 2.45) is 0 Å². The molecule has 1 fully saturated rings. The average molecular weight is 337 g/mol. The Hall–Kier alpha value is -2.28. The van der Waals surface area contributed by atoms with Crippen molar-refractivity contribution in [1.82, 2.24) is 15.5 Å². The number of carbonyl (C=O) groups excluding carboxylic acids is 1. The highest BCUT2D eigenvalue weighted by Crippen LogP contribution is 2.38. The number of carbonyl (C=O) groups is 1. The predicted octanol–water partition coefficient (Wildman–Crippen LogP) is 2.97. The minimum atomic E-state index is -0.350. The van der Waals surface area contributed by atoms with Gasteiger partial charge in [-0.3, -0.25) is 0 Å². The number of nitrogens with one attached hydrogen (secondary N) is 2. The summed E-state index contributed by atoms with van der Waals surface area (Å²) < 4.78 is 10.3. The fourth-order valence-corrected chi connectivity index (χ4v) is 2.27. The van der Waals surface area contributed by atoms with Crippen LogP contribution in [0.25, 0.3) is 0 Å². The number of ether oxygens (including phenoxy) is 1. The molecular formula is C15H17ClN4O3. The van der Waals surface area contributed by atoms with E-state index >= 15 is 0 Å². The molecule has 23 heavy (non-hydrogen) atoms. The molecule has 2 aromatic rings. The third kappa shape index (κ3) is 4.13. The molecule has 3 rings (SSSR count). The van der Waals surface area contributed by atoms with Crippen molar-refractivity contribution in [2.75, 3.05) is 19.0 Å². The summed E-state index contributed by atoms with van der Waals surface area (Å²) in [5, 5.41) is 9.85. The lowest BCUT2D eigenvalue weighted by atomic mass is 10.3. The van der Waals surface area contributed by atoms with Crippen molar-refractivity contribution >= 4 is 23.3 Å². The van der Waals surface area contributed by atoms with Gasteiger partial charge in [0.15, 0.2) is 5.82 Å². The number of amides is 2. The van der Waals surface area contributed by atoms with E-state index in [0.29, 0.717) is 47.1 Å². The Balaban J connectivity index is 1.48. The highest BCUT2D eigenvalue weighted by Gasteiger charge is 2.29. The number of rotatable bonds is 6.